The maximum Gasteiger partial charge on any atom is 0.228 e. The van der Waals surface area contributed by atoms with Gasteiger partial charge in [0.1, 0.15) is 5.01 Å². The van der Waals surface area contributed by atoms with Crippen LogP contribution in [0.3, 0.4) is 0 Å². The molecule has 6 heteroatoms. The Kier molecular flexibility index (Phi) is 6.63. The summed E-state index contributed by atoms with van der Waals surface area (Å²) in [7, 11) is 0. The van der Waals surface area contributed by atoms with Crippen LogP contribution in [-0.4, -0.2) is 16.8 Å². The number of carbonyl (C=O) groups is 2. The Morgan fingerprint density at radius 2 is 1.17 bits per heavy atom. The van der Waals surface area contributed by atoms with E-state index in [4.69, 9.17) is 4.98 Å². The van der Waals surface area contributed by atoms with E-state index in [1.165, 1.54) is 0 Å². The zero-order valence-electron chi connectivity index (χ0n) is 18.9. The fourth-order valence-corrected chi connectivity index (χ4v) is 4.82. The van der Waals surface area contributed by atoms with Gasteiger partial charge in [-0.15, -0.1) is 11.3 Å². The number of benzene rings is 4. The van der Waals surface area contributed by atoms with Gasteiger partial charge in [0.25, 0.3) is 0 Å². The highest BCUT2D eigenvalue weighted by atomic mass is 32.1. The first-order chi connectivity index (χ1) is 17.1. The maximum atomic E-state index is 12.7. The lowest BCUT2D eigenvalue weighted by Crippen LogP contribution is -2.16. The number of thiazole rings is 1. The molecule has 0 fully saturated rings. The van der Waals surface area contributed by atoms with Crippen molar-refractivity contribution in [2.24, 2.45) is 0 Å². The Balaban J connectivity index is 1.42. The van der Waals surface area contributed by atoms with Crippen molar-refractivity contribution in [3.8, 4) is 10.6 Å². The van der Waals surface area contributed by atoms with Crippen LogP contribution in [-0.2, 0) is 22.4 Å². The SMILES string of the molecule is O=C(Cc1ccccc1)Nc1cc(NC(=O)Cc2ccccc2)cc(-c2nc3ccccc3s2)c1. The number of nitrogens with zero attached hydrogens (tertiary/aromatic N) is 1. The van der Waals surface area contributed by atoms with E-state index in [0.717, 1.165) is 31.9 Å². The second-order valence-corrected chi connectivity index (χ2v) is 9.24. The molecule has 2 amide bonds. The molecule has 1 aromatic heterocycles. The zero-order chi connectivity index (χ0) is 24.0. The average Bonchev–Trinajstić information content (AvgIpc) is 3.29. The number of aromatic nitrogens is 1. The van der Waals surface area contributed by atoms with Crippen molar-refractivity contribution in [1.29, 1.82) is 0 Å². The quantitative estimate of drug-likeness (QED) is 0.288. The molecule has 0 radical (unpaired) electrons. The maximum absolute atomic E-state index is 12.7. The first kappa shape index (κ1) is 22.5. The zero-order valence-corrected chi connectivity index (χ0v) is 19.7. The van der Waals surface area contributed by atoms with E-state index in [9.17, 15) is 9.59 Å². The standard InChI is InChI=1S/C29H23N3O2S/c33-27(15-20-9-3-1-4-10-20)30-23-17-22(29-32-25-13-7-8-14-26(25)35-29)18-24(19-23)31-28(34)16-21-11-5-2-6-12-21/h1-14,17-19H,15-16H2,(H,30,33)(H,31,34). The van der Waals surface area contributed by atoms with Gasteiger partial charge in [0.2, 0.25) is 11.8 Å². The van der Waals surface area contributed by atoms with Gasteiger partial charge in [-0.1, -0.05) is 72.8 Å². The van der Waals surface area contributed by atoms with Gasteiger partial charge >= 0.3 is 0 Å². The van der Waals surface area contributed by atoms with Crippen LogP contribution in [0.4, 0.5) is 11.4 Å². The van der Waals surface area contributed by atoms with Crippen molar-refractivity contribution in [2.45, 2.75) is 12.8 Å². The molecule has 0 aliphatic carbocycles. The van der Waals surface area contributed by atoms with Crippen LogP contribution in [0.1, 0.15) is 11.1 Å². The van der Waals surface area contributed by atoms with Crippen molar-refractivity contribution < 1.29 is 9.59 Å². The van der Waals surface area contributed by atoms with E-state index in [-0.39, 0.29) is 24.7 Å². The molecule has 0 atom stereocenters. The summed E-state index contributed by atoms with van der Waals surface area (Å²) in [6.45, 7) is 0. The number of nitrogens with one attached hydrogen (secondary N) is 2. The van der Waals surface area contributed by atoms with Gasteiger partial charge in [0.15, 0.2) is 0 Å². The molecular formula is C29H23N3O2S. The van der Waals surface area contributed by atoms with Crippen LogP contribution >= 0.6 is 11.3 Å². The summed E-state index contributed by atoms with van der Waals surface area (Å²) in [5, 5.41) is 6.79. The van der Waals surface area contributed by atoms with E-state index in [1.807, 2.05) is 97.1 Å². The molecule has 172 valence electrons. The van der Waals surface area contributed by atoms with Crippen molar-refractivity contribution in [3.63, 3.8) is 0 Å². The van der Waals surface area contributed by atoms with Gasteiger partial charge in [0.05, 0.1) is 23.1 Å². The first-order valence-corrected chi connectivity index (χ1v) is 12.1. The average molecular weight is 478 g/mol. The molecule has 4 aromatic carbocycles. The molecule has 1 heterocycles. The number of fused-ring (bicyclic) bond motifs is 1. The first-order valence-electron chi connectivity index (χ1n) is 11.3. The summed E-state index contributed by atoms with van der Waals surface area (Å²) in [5.74, 6) is -0.251. The van der Waals surface area contributed by atoms with Gasteiger partial charge < -0.3 is 10.6 Å². The lowest BCUT2D eigenvalue weighted by Gasteiger charge is -2.12. The van der Waals surface area contributed by atoms with Gasteiger partial charge in [-0.25, -0.2) is 4.98 Å². The highest BCUT2D eigenvalue weighted by molar-refractivity contribution is 7.21. The number of amides is 2. The molecule has 0 unspecified atom stereocenters. The Hall–Kier alpha value is -4.29. The van der Waals surface area contributed by atoms with Crippen LogP contribution in [0, 0.1) is 0 Å². The van der Waals surface area contributed by atoms with E-state index >= 15 is 0 Å². The Morgan fingerprint density at radius 1 is 0.657 bits per heavy atom. The minimum Gasteiger partial charge on any atom is -0.326 e. The summed E-state index contributed by atoms with van der Waals surface area (Å²) in [5.41, 5.74) is 4.84. The van der Waals surface area contributed by atoms with Crippen LogP contribution in [0.25, 0.3) is 20.8 Å². The minimum absolute atomic E-state index is 0.126. The minimum atomic E-state index is -0.126. The predicted molar refractivity (Wildman–Crippen MR) is 143 cm³/mol. The summed E-state index contributed by atoms with van der Waals surface area (Å²) in [6.07, 6.45) is 0.532. The fraction of sp³-hybridized carbons (Fsp3) is 0.0690. The normalized spacial score (nSPS) is 10.7. The van der Waals surface area contributed by atoms with E-state index in [1.54, 1.807) is 17.4 Å². The molecule has 0 aliphatic heterocycles. The number of carbonyl (C=O) groups excluding carboxylic acids is 2. The molecule has 5 aromatic rings. The third-order valence-corrected chi connectivity index (χ3v) is 6.54. The predicted octanol–water partition coefficient (Wildman–Crippen LogP) is 6.33. The number of para-hydroxylation sites is 1. The number of anilines is 2. The molecule has 35 heavy (non-hydrogen) atoms. The Morgan fingerprint density at radius 3 is 1.71 bits per heavy atom. The molecule has 0 saturated carbocycles. The monoisotopic (exact) mass is 477 g/mol. The van der Waals surface area contributed by atoms with E-state index in [0.29, 0.717) is 11.4 Å². The molecule has 5 rings (SSSR count). The smallest absolute Gasteiger partial charge is 0.228 e. The Labute approximate surface area is 207 Å². The van der Waals surface area contributed by atoms with Crippen molar-refractivity contribution in [2.75, 3.05) is 10.6 Å². The van der Waals surface area contributed by atoms with Crippen molar-refractivity contribution in [3.05, 3.63) is 114 Å². The second-order valence-electron chi connectivity index (χ2n) is 8.21. The van der Waals surface area contributed by atoms with E-state index in [2.05, 4.69) is 10.6 Å². The topological polar surface area (TPSA) is 71.1 Å². The lowest BCUT2D eigenvalue weighted by atomic mass is 10.1. The summed E-state index contributed by atoms with van der Waals surface area (Å²) in [6, 6.07) is 32.7. The molecule has 0 bridgehead atoms. The van der Waals surface area contributed by atoms with Crippen molar-refractivity contribution >= 4 is 44.7 Å². The molecule has 0 aliphatic rings. The molecule has 5 nitrogen and oxygen atoms in total. The van der Waals surface area contributed by atoms with Crippen LogP contribution in [0.2, 0.25) is 0 Å². The third-order valence-electron chi connectivity index (χ3n) is 5.46. The number of hydrogen-bond donors (Lipinski definition) is 2. The van der Waals surface area contributed by atoms with Gasteiger partial charge in [-0.05, 0) is 41.5 Å². The van der Waals surface area contributed by atoms with Gasteiger partial charge in [0, 0.05) is 16.9 Å². The molecule has 0 spiro atoms. The number of hydrogen-bond acceptors (Lipinski definition) is 4. The third kappa shape index (κ3) is 5.80. The van der Waals surface area contributed by atoms with Crippen LogP contribution < -0.4 is 10.6 Å². The molecule has 0 saturated heterocycles. The Bertz CT molecular complexity index is 1370. The van der Waals surface area contributed by atoms with Crippen LogP contribution in [0.5, 0.6) is 0 Å². The lowest BCUT2D eigenvalue weighted by molar-refractivity contribution is -0.116. The summed E-state index contributed by atoms with van der Waals surface area (Å²) >= 11 is 1.57. The number of rotatable bonds is 7. The van der Waals surface area contributed by atoms with Gasteiger partial charge in [-0.3, -0.25) is 9.59 Å². The molecular weight excluding hydrogens is 454 g/mol. The highest BCUT2D eigenvalue weighted by Gasteiger charge is 2.13. The summed E-state index contributed by atoms with van der Waals surface area (Å²) in [4.78, 5) is 30.2. The van der Waals surface area contributed by atoms with Crippen LogP contribution in [0.15, 0.2) is 103 Å². The molecule has 2 N–H and O–H groups in total. The van der Waals surface area contributed by atoms with Crippen molar-refractivity contribution in [1.82, 2.24) is 4.98 Å². The largest absolute Gasteiger partial charge is 0.326 e. The van der Waals surface area contributed by atoms with E-state index < -0.39 is 0 Å². The van der Waals surface area contributed by atoms with Gasteiger partial charge in [-0.2, -0.15) is 0 Å². The summed E-state index contributed by atoms with van der Waals surface area (Å²) < 4.78 is 1.08. The highest BCUT2D eigenvalue weighted by Crippen LogP contribution is 2.33. The fourth-order valence-electron chi connectivity index (χ4n) is 3.86. The second kappa shape index (κ2) is 10.3.